The Hall–Kier alpha value is -1.55. The standard InChI is InChI=1S/C14H18ClN3O/c1-14(2,3)6-13(19)16-7-11-9-18-8-10(15)4-5-12(18)17-11/h4-5,8-9H,6-7H2,1-3H3,(H,16,19). The third-order valence-corrected chi connectivity index (χ3v) is 2.85. The van der Waals surface area contributed by atoms with Crippen molar-refractivity contribution in [2.45, 2.75) is 33.7 Å². The number of hydrogen-bond acceptors (Lipinski definition) is 2. The predicted octanol–water partition coefficient (Wildman–Crippen LogP) is 3.04. The molecule has 0 aliphatic carbocycles. The summed E-state index contributed by atoms with van der Waals surface area (Å²) in [6.07, 6.45) is 4.18. The zero-order valence-electron chi connectivity index (χ0n) is 11.4. The van der Waals surface area contributed by atoms with Gasteiger partial charge in [-0.3, -0.25) is 4.79 Å². The molecule has 0 saturated heterocycles. The van der Waals surface area contributed by atoms with E-state index in [9.17, 15) is 4.79 Å². The average Bonchev–Trinajstić information content (AvgIpc) is 2.66. The summed E-state index contributed by atoms with van der Waals surface area (Å²) in [7, 11) is 0. The van der Waals surface area contributed by atoms with Crippen LogP contribution in [0.4, 0.5) is 0 Å². The molecule has 2 aromatic rings. The Kier molecular flexibility index (Phi) is 3.80. The van der Waals surface area contributed by atoms with Crippen LogP contribution in [-0.4, -0.2) is 15.3 Å². The molecule has 0 aliphatic rings. The number of imidazole rings is 1. The van der Waals surface area contributed by atoms with Crippen LogP contribution in [-0.2, 0) is 11.3 Å². The number of fused-ring (bicyclic) bond motifs is 1. The first-order chi connectivity index (χ1) is 8.83. The maximum atomic E-state index is 11.7. The van der Waals surface area contributed by atoms with Crippen LogP contribution >= 0.6 is 11.6 Å². The van der Waals surface area contributed by atoms with Crippen LogP contribution in [0.1, 0.15) is 32.9 Å². The molecule has 1 amide bonds. The van der Waals surface area contributed by atoms with Gasteiger partial charge in [-0.05, 0) is 17.5 Å². The zero-order valence-corrected chi connectivity index (χ0v) is 12.2. The van der Waals surface area contributed by atoms with Crippen molar-refractivity contribution >= 4 is 23.2 Å². The van der Waals surface area contributed by atoms with Crippen molar-refractivity contribution in [3.63, 3.8) is 0 Å². The number of halogens is 1. The second-order valence-electron chi connectivity index (χ2n) is 5.86. The van der Waals surface area contributed by atoms with Gasteiger partial charge in [0.2, 0.25) is 5.91 Å². The Morgan fingerprint density at radius 3 is 2.79 bits per heavy atom. The van der Waals surface area contributed by atoms with E-state index in [1.165, 1.54) is 0 Å². The van der Waals surface area contributed by atoms with Gasteiger partial charge in [-0.25, -0.2) is 4.98 Å². The minimum Gasteiger partial charge on any atom is -0.350 e. The Morgan fingerprint density at radius 1 is 1.37 bits per heavy atom. The number of carbonyl (C=O) groups is 1. The van der Waals surface area contributed by atoms with E-state index < -0.39 is 0 Å². The topological polar surface area (TPSA) is 46.4 Å². The second-order valence-corrected chi connectivity index (χ2v) is 6.30. The van der Waals surface area contributed by atoms with Crippen molar-refractivity contribution in [2.24, 2.45) is 5.41 Å². The monoisotopic (exact) mass is 279 g/mol. The molecule has 1 N–H and O–H groups in total. The molecule has 0 radical (unpaired) electrons. The van der Waals surface area contributed by atoms with Crippen LogP contribution in [0.3, 0.4) is 0 Å². The van der Waals surface area contributed by atoms with Gasteiger partial charge in [-0.1, -0.05) is 32.4 Å². The summed E-state index contributed by atoms with van der Waals surface area (Å²) in [5, 5.41) is 3.54. The van der Waals surface area contributed by atoms with Crippen LogP contribution in [0.25, 0.3) is 5.65 Å². The maximum Gasteiger partial charge on any atom is 0.220 e. The van der Waals surface area contributed by atoms with E-state index in [-0.39, 0.29) is 11.3 Å². The summed E-state index contributed by atoms with van der Waals surface area (Å²) in [5.74, 6) is 0.0441. The first kappa shape index (κ1) is 13.9. The van der Waals surface area contributed by atoms with Gasteiger partial charge in [0.1, 0.15) is 5.65 Å². The molecule has 2 rings (SSSR count). The number of rotatable bonds is 3. The summed E-state index contributed by atoms with van der Waals surface area (Å²) >= 11 is 5.91. The Bertz CT molecular complexity index is 598. The first-order valence-corrected chi connectivity index (χ1v) is 6.61. The molecule has 19 heavy (non-hydrogen) atoms. The second kappa shape index (κ2) is 5.21. The highest BCUT2D eigenvalue weighted by Gasteiger charge is 2.15. The van der Waals surface area contributed by atoms with Gasteiger partial charge in [0.05, 0.1) is 17.3 Å². The molecule has 4 nitrogen and oxygen atoms in total. The molecular formula is C14H18ClN3O. The van der Waals surface area contributed by atoms with E-state index in [1.54, 1.807) is 12.3 Å². The fraction of sp³-hybridized carbons (Fsp3) is 0.429. The maximum absolute atomic E-state index is 11.7. The van der Waals surface area contributed by atoms with Gasteiger partial charge in [0.15, 0.2) is 0 Å². The van der Waals surface area contributed by atoms with Gasteiger partial charge in [0, 0.05) is 18.8 Å². The Balaban J connectivity index is 2.00. The molecule has 0 fully saturated rings. The van der Waals surface area contributed by atoms with E-state index in [1.807, 2.05) is 37.4 Å². The molecule has 0 atom stereocenters. The Morgan fingerprint density at radius 2 is 2.11 bits per heavy atom. The van der Waals surface area contributed by atoms with E-state index in [0.29, 0.717) is 18.0 Å². The Labute approximate surface area is 117 Å². The van der Waals surface area contributed by atoms with Gasteiger partial charge >= 0.3 is 0 Å². The molecule has 102 valence electrons. The van der Waals surface area contributed by atoms with Crippen molar-refractivity contribution in [1.82, 2.24) is 14.7 Å². The summed E-state index contributed by atoms with van der Waals surface area (Å²) in [4.78, 5) is 16.1. The number of nitrogens with zero attached hydrogens (tertiary/aromatic N) is 2. The van der Waals surface area contributed by atoms with Gasteiger partial charge < -0.3 is 9.72 Å². The molecule has 0 saturated carbocycles. The number of amides is 1. The first-order valence-electron chi connectivity index (χ1n) is 6.23. The molecule has 0 aromatic carbocycles. The summed E-state index contributed by atoms with van der Waals surface area (Å²) in [6.45, 7) is 6.56. The summed E-state index contributed by atoms with van der Waals surface area (Å²) in [5.41, 5.74) is 1.64. The lowest BCUT2D eigenvalue weighted by molar-refractivity contribution is -0.122. The fourth-order valence-electron chi connectivity index (χ4n) is 1.84. The quantitative estimate of drug-likeness (QED) is 0.939. The van der Waals surface area contributed by atoms with Crippen LogP contribution in [0.15, 0.2) is 24.5 Å². The van der Waals surface area contributed by atoms with Gasteiger partial charge in [0.25, 0.3) is 0 Å². The third kappa shape index (κ3) is 3.96. The number of pyridine rings is 1. The number of nitrogens with one attached hydrogen (secondary N) is 1. The molecular weight excluding hydrogens is 262 g/mol. The summed E-state index contributed by atoms with van der Waals surface area (Å²) < 4.78 is 1.85. The van der Waals surface area contributed by atoms with E-state index >= 15 is 0 Å². The highest BCUT2D eigenvalue weighted by Crippen LogP contribution is 2.18. The number of carbonyl (C=O) groups excluding carboxylic acids is 1. The van der Waals surface area contributed by atoms with E-state index in [4.69, 9.17) is 11.6 Å². The number of hydrogen-bond donors (Lipinski definition) is 1. The van der Waals surface area contributed by atoms with Crippen molar-refractivity contribution in [2.75, 3.05) is 0 Å². The normalized spacial score (nSPS) is 11.8. The highest BCUT2D eigenvalue weighted by molar-refractivity contribution is 6.30. The lowest BCUT2D eigenvalue weighted by atomic mass is 9.92. The van der Waals surface area contributed by atoms with Gasteiger partial charge in [-0.2, -0.15) is 0 Å². The largest absolute Gasteiger partial charge is 0.350 e. The lowest BCUT2D eigenvalue weighted by Crippen LogP contribution is -2.27. The minimum absolute atomic E-state index is 0.00345. The smallest absolute Gasteiger partial charge is 0.220 e. The van der Waals surface area contributed by atoms with Crippen LogP contribution < -0.4 is 5.32 Å². The van der Waals surface area contributed by atoms with Crippen LogP contribution in [0, 0.1) is 5.41 Å². The van der Waals surface area contributed by atoms with Crippen LogP contribution in [0.5, 0.6) is 0 Å². The van der Waals surface area contributed by atoms with Crippen molar-refractivity contribution < 1.29 is 4.79 Å². The van der Waals surface area contributed by atoms with Crippen molar-refractivity contribution in [3.05, 3.63) is 35.2 Å². The highest BCUT2D eigenvalue weighted by atomic mass is 35.5. The molecule has 2 heterocycles. The van der Waals surface area contributed by atoms with Crippen molar-refractivity contribution in [3.8, 4) is 0 Å². The van der Waals surface area contributed by atoms with Gasteiger partial charge in [-0.15, -0.1) is 0 Å². The lowest BCUT2D eigenvalue weighted by Gasteiger charge is -2.16. The van der Waals surface area contributed by atoms with E-state index in [2.05, 4.69) is 10.3 Å². The fourth-order valence-corrected chi connectivity index (χ4v) is 2.00. The molecule has 5 heteroatoms. The predicted molar refractivity (Wildman–Crippen MR) is 76.1 cm³/mol. The average molecular weight is 280 g/mol. The van der Waals surface area contributed by atoms with Crippen LogP contribution in [0.2, 0.25) is 5.02 Å². The third-order valence-electron chi connectivity index (χ3n) is 2.62. The molecule has 0 bridgehead atoms. The zero-order chi connectivity index (χ0) is 14.0. The molecule has 2 aromatic heterocycles. The molecule has 0 spiro atoms. The summed E-state index contributed by atoms with van der Waals surface area (Å²) in [6, 6.07) is 3.65. The van der Waals surface area contributed by atoms with E-state index in [0.717, 1.165) is 11.3 Å². The van der Waals surface area contributed by atoms with Crippen molar-refractivity contribution in [1.29, 1.82) is 0 Å². The SMILES string of the molecule is CC(C)(C)CC(=O)NCc1cn2cc(Cl)ccc2n1. The number of aromatic nitrogens is 2. The molecule has 0 aliphatic heterocycles. The molecule has 0 unspecified atom stereocenters. The minimum atomic E-state index is -0.00345.